The Hall–Kier alpha value is -3.34. The zero-order valence-corrected chi connectivity index (χ0v) is 18.0. The van der Waals surface area contributed by atoms with Crippen molar-refractivity contribution in [2.75, 3.05) is 5.32 Å². The van der Waals surface area contributed by atoms with Crippen molar-refractivity contribution >= 4 is 46.4 Å². The zero-order chi connectivity index (χ0) is 21.6. The Morgan fingerprint density at radius 1 is 0.903 bits per heavy atom. The van der Waals surface area contributed by atoms with Crippen LogP contribution in [0.5, 0.6) is 0 Å². The predicted molar refractivity (Wildman–Crippen MR) is 127 cm³/mol. The van der Waals surface area contributed by atoms with Gasteiger partial charge in [0.05, 0.1) is 18.4 Å². The summed E-state index contributed by atoms with van der Waals surface area (Å²) in [5.74, 6) is -0.217. The van der Waals surface area contributed by atoms with Gasteiger partial charge in [0.15, 0.2) is 0 Å². The van der Waals surface area contributed by atoms with Crippen LogP contribution in [0.1, 0.15) is 16.7 Å². The minimum absolute atomic E-state index is 0.217. The standard InChI is InChI=1S/C25H19Cl2N3O/c26-23-12-7-13-24(27)22(23)17-30-16-20(15-28-30)29-25(31)21(19-10-5-2-6-11-19)14-18-8-3-1-4-9-18/h1-16H,17H2,(H,29,31). The van der Waals surface area contributed by atoms with Crippen LogP contribution in [-0.2, 0) is 11.3 Å². The van der Waals surface area contributed by atoms with Crippen LogP contribution in [0, 0.1) is 0 Å². The van der Waals surface area contributed by atoms with E-state index in [4.69, 9.17) is 23.2 Å². The molecule has 0 fully saturated rings. The van der Waals surface area contributed by atoms with Gasteiger partial charge in [0, 0.05) is 27.4 Å². The summed E-state index contributed by atoms with van der Waals surface area (Å²) >= 11 is 12.5. The van der Waals surface area contributed by atoms with Gasteiger partial charge in [-0.15, -0.1) is 0 Å². The van der Waals surface area contributed by atoms with E-state index in [9.17, 15) is 4.79 Å². The second kappa shape index (κ2) is 9.65. The Labute approximate surface area is 190 Å². The Morgan fingerprint density at radius 3 is 2.23 bits per heavy atom. The molecule has 4 nitrogen and oxygen atoms in total. The van der Waals surface area contributed by atoms with Crippen molar-refractivity contribution in [3.63, 3.8) is 0 Å². The van der Waals surface area contributed by atoms with E-state index in [2.05, 4.69) is 10.4 Å². The molecule has 1 N–H and O–H groups in total. The first-order valence-electron chi connectivity index (χ1n) is 9.69. The van der Waals surface area contributed by atoms with Crippen LogP contribution in [-0.4, -0.2) is 15.7 Å². The number of carbonyl (C=O) groups is 1. The molecule has 0 spiro atoms. The number of rotatable bonds is 6. The lowest BCUT2D eigenvalue weighted by Gasteiger charge is -2.09. The van der Waals surface area contributed by atoms with Crippen LogP contribution >= 0.6 is 23.2 Å². The molecule has 4 rings (SSSR count). The average Bonchev–Trinajstić information content (AvgIpc) is 3.23. The molecule has 0 unspecified atom stereocenters. The first-order chi connectivity index (χ1) is 15.1. The third kappa shape index (κ3) is 5.23. The van der Waals surface area contributed by atoms with Crippen LogP contribution in [0.25, 0.3) is 11.6 Å². The third-order valence-corrected chi connectivity index (χ3v) is 5.42. The van der Waals surface area contributed by atoms with E-state index in [0.717, 1.165) is 16.7 Å². The number of benzene rings is 3. The van der Waals surface area contributed by atoms with Crippen molar-refractivity contribution in [1.82, 2.24) is 9.78 Å². The van der Waals surface area contributed by atoms with Crippen LogP contribution in [0.3, 0.4) is 0 Å². The SMILES string of the molecule is O=C(Nc1cnn(Cc2c(Cl)cccc2Cl)c1)C(=Cc1ccccc1)c1ccccc1. The number of hydrogen-bond acceptors (Lipinski definition) is 2. The normalized spacial score (nSPS) is 11.4. The number of nitrogens with zero attached hydrogens (tertiary/aromatic N) is 2. The molecule has 6 heteroatoms. The van der Waals surface area contributed by atoms with E-state index in [1.165, 1.54) is 0 Å². The zero-order valence-electron chi connectivity index (χ0n) is 16.5. The molecule has 4 aromatic rings. The molecule has 0 saturated carbocycles. The Balaban J connectivity index is 1.56. The fourth-order valence-electron chi connectivity index (χ4n) is 3.17. The lowest BCUT2D eigenvalue weighted by atomic mass is 10.0. The molecule has 1 amide bonds. The second-order valence-corrected chi connectivity index (χ2v) is 7.73. The van der Waals surface area contributed by atoms with Crippen molar-refractivity contribution in [1.29, 1.82) is 0 Å². The van der Waals surface area contributed by atoms with E-state index in [0.29, 0.717) is 27.9 Å². The summed E-state index contributed by atoms with van der Waals surface area (Å²) in [5.41, 5.74) is 3.71. The minimum Gasteiger partial charge on any atom is -0.319 e. The summed E-state index contributed by atoms with van der Waals surface area (Å²) in [6, 6.07) is 24.7. The summed E-state index contributed by atoms with van der Waals surface area (Å²) in [4.78, 5) is 13.1. The van der Waals surface area contributed by atoms with Gasteiger partial charge in [-0.2, -0.15) is 5.10 Å². The highest BCUT2D eigenvalue weighted by molar-refractivity contribution is 6.36. The quantitative estimate of drug-likeness (QED) is 0.273. The Bertz CT molecular complexity index is 1200. The molecule has 0 bridgehead atoms. The van der Waals surface area contributed by atoms with Crippen LogP contribution in [0.4, 0.5) is 5.69 Å². The first-order valence-corrected chi connectivity index (χ1v) is 10.4. The largest absolute Gasteiger partial charge is 0.319 e. The summed E-state index contributed by atoms with van der Waals surface area (Å²) in [5, 5.41) is 8.42. The van der Waals surface area contributed by atoms with Crippen molar-refractivity contribution in [3.05, 3.63) is 118 Å². The van der Waals surface area contributed by atoms with Gasteiger partial charge in [-0.25, -0.2) is 0 Å². The van der Waals surface area contributed by atoms with Gasteiger partial charge < -0.3 is 5.32 Å². The summed E-state index contributed by atoms with van der Waals surface area (Å²) in [6.45, 7) is 0.403. The van der Waals surface area contributed by atoms with Gasteiger partial charge in [0.2, 0.25) is 0 Å². The number of halogens is 2. The fourth-order valence-corrected chi connectivity index (χ4v) is 3.69. The van der Waals surface area contributed by atoms with E-state index in [1.54, 1.807) is 35.3 Å². The highest BCUT2D eigenvalue weighted by atomic mass is 35.5. The van der Waals surface area contributed by atoms with E-state index in [1.807, 2.05) is 66.7 Å². The van der Waals surface area contributed by atoms with Crippen LogP contribution in [0.15, 0.2) is 91.3 Å². The van der Waals surface area contributed by atoms with Gasteiger partial charge >= 0.3 is 0 Å². The van der Waals surface area contributed by atoms with E-state index < -0.39 is 0 Å². The lowest BCUT2D eigenvalue weighted by Crippen LogP contribution is -2.13. The van der Waals surface area contributed by atoms with Crippen LogP contribution < -0.4 is 5.32 Å². The van der Waals surface area contributed by atoms with Crippen molar-refractivity contribution in [3.8, 4) is 0 Å². The number of nitrogens with one attached hydrogen (secondary N) is 1. The maximum absolute atomic E-state index is 13.1. The molecule has 31 heavy (non-hydrogen) atoms. The van der Waals surface area contributed by atoms with E-state index in [-0.39, 0.29) is 5.91 Å². The molecule has 3 aromatic carbocycles. The number of anilines is 1. The maximum Gasteiger partial charge on any atom is 0.256 e. The minimum atomic E-state index is -0.217. The highest BCUT2D eigenvalue weighted by Crippen LogP contribution is 2.25. The molecule has 1 aromatic heterocycles. The topological polar surface area (TPSA) is 46.9 Å². The number of carbonyl (C=O) groups excluding carboxylic acids is 1. The molecule has 0 saturated heterocycles. The number of aromatic nitrogens is 2. The predicted octanol–water partition coefficient (Wildman–Crippen LogP) is 6.42. The van der Waals surface area contributed by atoms with Gasteiger partial charge in [-0.05, 0) is 29.3 Å². The first kappa shape index (κ1) is 20.9. The van der Waals surface area contributed by atoms with Crippen LogP contribution in [0.2, 0.25) is 10.0 Å². The highest BCUT2D eigenvalue weighted by Gasteiger charge is 2.14. The smallest absolute Gasteiger partial charge is 0.256 e. The third-order valence-electron chi connectivity index (χ3n) is 4.71. The number of hydrogen-bond donors (Lipinski definition) is 1. The van der Waals surface area contributed by atoms with Gasteiger partial charge in [-0.1, -0.05) is 89.9 Å². The van der Waals surface area contributed by atoms with Crippen molar-refractivity contribution < 1.29 is 4.79 Å². The molecule has 0 aliphatic carbocycles. The molecule has 0 aliphatic rings. The Kier molecular flexibility index (Phi) is 6.51. The molecule has 1 heterocycles. The summed E-state index contributed by atoms with van der Waals surface area (Å²) < 4.78 is 1.69. The average molecular weight is 448 g/mol. The molecule has 154 valence electrons. The molecular formula is C25H19Cl2N3O. The molecule has 0 atom stereocenters. The summed E-state index contributed by atoms with van der Waals surface area (Å²) in [7, 11) is 0. The fraction of sp³-hybridized carbons (Fsp3) is 0.0400. The Morgan fingerprint density at radius 2 is 1.55 bits per heavy atom. The van der Waals surface area contributed by atoms with Crippen molar-refractivity contribution in [2.24, 2.45) is 0 Å². The number of amides is 1. The monoisotopic (exact) mass is 447 g/mol. The molecule has 0 radical (unpaired) electrons. The van der Waals surface area contributed by atoms with Gasteiger partial charge in [0.1, 0.15) is 0 Å². The molecular weight excluding hydrogens is 429 g/mol. The van der Waals surface area contributed by atoms with Crippen molar-refractivity contribution in [2.45, 2.75) is 6.54 Å². The summed E-state index contributed by atoms with van der Waals surface area (Å²) in [6.07, 6.45) is 5.23. The second-order valence-electron chi connectivity index (χ2n) is 6.92. The maximum atomic E-state index is 13.1. The van der Waals surface area contributed by atoms with Gasteiger partial charge in [-0.3, -0.25) is 9.48 Å². The molecule has 0 aliphatic heterocycles. The van der Waals surface area contributed by atoms with Gasteiger partial charge in [0.25, 0.3) is 5.91 Å². The lowest BCUT2D eigenvalue weighted by molar-refractivity contribution is -0.111. The van der Waals surface area contributed by atoms with E-state index >= 15 is 0 Å².